The molecule has 6 nitrogen and oxygen atoms in total. The highest BCUT2D eigenvalue weighted by Crippen LogP contribution is 2.20. The van der Waals surface area contributed by atoms with E-state index in [0.29, 0.717) is 12.3 Å². The fourth-order valence-electron chi connectivity index (χ4n) is 2.03. The monoisotopic (exact) mass is 295 g/mol. The van der Waals surface area contributed by atoms with Crippen molar-refractivity contribution in [3.63, 3.8) is 0 Å². The molecule has 0 aliphatic rings. The lowest BCUT2D eigenvalue weighted by atomic mass is 10.1. The van der Waals surface area contributed by atoms with Crippen molar-refractivity contribution in [3.8, 4) is 11.3 Å². The zero-order chi connectivity index (χ0) is 15.4. The van der Waals surface area contributed by atoms with Crippen molar-refractivity contribution >= 4 is 11.4 Å². The number of nitrogens with one attached hydrogen (secondary N) is 1. The highest BCUT2D eigenvalue weighted by Gasteiger charge is 2.07. The minimum absolute atomic E-state index is 0.0663. The van der Waals surface area contributed by atoms with Crippen LogP contribution in [-0.4, -0.2) is 10.1 Å². The van der Waals surface area contributed by atoms with Gasteiger partial charge in [0.25, 0.3) is 5.69 Å². The van der Waals surface area contributed by atoms with Crippen LogP contribution in [0.25, 0.3) is 11.3 Å². The Morgan fingerprint density at radius 2 is 1.82 bits per heavy atom. The first kappa shape index (κ1) is 13.8. The predicted octanol–water partition coefficient (Wildman–Crippen LogP) is 3.86. The number of nitrogens with zero attached hydrogens (tertiary/aromatic N) is 2. The maximum Gasteiger partial charge on any atom is 0.269 e. The van der Waals surface area contributed by atoms with Gasteiger partial charge in [-0.25, -0.2) is 0 Å². The van der Waals surface area contributed by atoms with Gasteiger partial charge >= 0.3 is 0 Å². The summed E-state index contributed by atoms with van der Waals surface area (Å²) in [5.41, 5.74) is 2.62. The first-order valence-electron chi connectivity index (χ1n) is 6.72. The Kier molecular flexibility index (Phi) is 3.82. The number of hydrogen-bond acceptors (Lipinski definition) is 5. The number of nitro benzene ring substituents is 1. The van der Waals surface area contributed by atoms with Crippen LogP contribution in [0.3, 0.4) is 0 Å². The lowest BCUT2D eigenvalue weighted by Gasteiger charge is -2.02. The van der Waals surface area contributed by atoms with E-state index in [1.165, 1.54) is 12.1 Å². The molecule has 1 N–H and O–H groups in total. The van der Waals surface area contributed by atoms with E-state index in [1.807, 2.05) is 36.4 Å². The van der Waals surface area contributed by atoms with Crippen LogP contribution in [0.15, 0.2) is 65.2 Å². The third-order valence-corrected chi connectivity index (χ3v) is 3.17. The Balaban J connectivity index is 1.65. The number of non-ortho nitro benzene ring substituents is 1. The van der Waals surface area contributed by atoms with Crippen molar-refractivity contribution in [1.29, 1.82) is 0 Å². The molecule has 0 fully saturated rings. The molecule has 110 valence electrons. The summed E-state index contributed by atoms with van der Waals surface area (Å²) in [7, 11) is 0. The minimum atomic E-state index is -0.424. The van der Waals surface area contributed by atoms with Crippen molar-refractivity contribution in [2.75, 3.05) is 5.32 Å². The molecule has 0 saturated carbocycles. The first-order chi connectivity index (χ1) is 10.7. The SMILES string of the molecule is O=[N+]([O-])c1ccc(NCc2cc(-c3ccccc3)no2)cc1. The second kappa shape index (κ2) is 6.09. The van der Waals surface area contributed by atoms with Gasteiger partial charge in [0, 0.05) is 29.4 Å². The van der Waals surface area contributed by atoms with E-state index >= 15 is 0 Å². The van der Waals surface area contributed by atoms with Gasteiger partial charge in [0.05, 0.1) is 11.5 Å². The van der Waals surface area contributed by atoms with Crippen molar-refractivity contribution in [2.24, 2.45) is 0 Å². The second-order valence-electron chi connectivity index (χ2n) is 4.70. The molecule has 0 radical (unpaired) electrons. The smallest absolute Gasteiger partial charge is 0.269 e. The largest absolute Gasteiger partial charge is 0.378 e. The van der Waals surface area contributed by atoms with Crippen molar-refractivity contribution < 1.29 is 9.45 Å². The fourth-order valence-corrected chi connectivity index (χ4v) is 2.03. The third kappa shape index (κ3) is 3.12. The standard InChI is InChI=1S/C16H13N3O3/c20-19(21)14-8-6-13(7-9-14)17-11-15-10-16(18-22-15)12-4-2-1-3-5-12/h1-10,17H,11H2. The number of aromatic nitrogens is 1. The van der Waals surface area contributed by atoms with Gasteiger partial charge < -0.3 is 9.84 Å². The van der Waals surface area contributed by atoms with Gasteiger partial charge in [0.15, 0.2) is 5.76 Å². The second-order valence-corrected chi connectivity index (χ2v) is 4.70. The molecule has 0 amide bonds. The molecule has 0 atom stereocenters. The van der Waals surface area contributed by atoms with Gasteiger partial charge in [-0.1, -0.05) is 35.5 Å². The highest BCUT2D eigenvalue weighted by atomic mass is 16.6. The number of anilines is 1. The topological polar surface area (TPSA) is 81.2 Å². The summed E-state index contributed by atoms with van der Waals surface area (Å²) >= 11 is 0. The molecule has 1 heterocycles. The van der Waals surface area contributed by atoms with E-state index in [9.17, 15) is 10.1 Å². The molecule has 1 aromatic heterocycles. The molecular weight excluding hydrogens is 282 g/mol. The summed E-state index contributed by atoms with van der Waals surface area (Å²) in [4.78, 5) is 10.2. The molecule has 6 heteroatoms. The maximum absolute atomic E-state index is 10.6. The summed E-state index contributed by atoms with van der Waals surface area (Å²) in [6, 6.07) is 17.9. The normalized spacial score (nSPS) is 10.4. The summed E-state index contributed by atoms with van der Waals surface area (Å²) in [6.45, 7) is 0.456. The van der Waals surface area contributed by atoms with Crippen LogP contribution in [0.4, 0.5) is 11.4 Å². The van der Waals surface area contributed by atoms with Gasteiger partial charge in [-0.3, -0.25) is 10.1 Å². The van der Waals surface area contributed by atoms with Gasteiger partial charge in [-0.15, -0.1) is 0 Å². The van der Waals surface area contributed by atoms with Crippen LogP contribution in [0.2, 0.25) is 0 Å². The van der Waals surface area contributed by atoms with Crippen molar-refractivity contribution in [3.05, 3.63) is 76.5 Å². The number of hydrogen-bond donors (Lipinski definition) is 1. The molecule has 2 aromatic carbocycles. The van der Waals surface area contributed by atoms with Gasteiger partial charge in [-0.2, -0.15) is 0 Å². The van der Waals surface area contributed by atoms with Crippen LogP contribution in [0.1, 0.15) is 5.76 Å². The zero-order valence-corrected chi connectivity index (χ0v) is 11.6. The Morgan fingerprint density at radius 1 is 1.09 bits per heavy atom. The van der Waals surface area contributed by atoms with E-state index in [4.69, 9.17) is 4.52 Å². The number of rotatable bonds is 5. The zero-order valence-electron chi connectivity index (χ0n) is 11.6. The Morgan fingerprint density at radius 3 is 2.50 bits per heavy atom. The van der Waals surface area contributed by atoms with Crippen LogP contribution in [-0.2, 0) is 6.54 Å². The van der Waals surface area contributed by atoms with E-state index in [-0.39, 0.29) is 5.69 Å². The summed E-state index contributed by atoms with van der Waals surface area (Å²) in [6.07, 6.45) is 0. The third-order valence-electron chi connectivity index (χ3n) is 3.17. The van der Waals surface area contributed by atoms with Crippen LogP contribution in [0.5, 0.6) is 0 Å². The Labute approximate surface area is 126 Å². The van der Waals surface area contributed by atoms with E-state index in [2.05, 4.69) is 10.5 Å². The van der Waals surface area contributed by atoms with Gasteiger partial charge in [-0.05, 0) is 12.1 Å². The number of nitro groups is 1. The molecule has 0 aliphatic carbocycles. The van der Waals surface area contributed by atoms with Crippen molar-refractivity contribution in [1.82, 2.24) is 5.16 Å². The molecule has 0 saturated heterocycles. The van der Waals surface area contributed by atoms with Crippen LogP contribution < -0.4 is 5.32 Å². The Hall–Kier alpha value is -3.15. The average molecular weight is 295 g/mol. The Bertz CT molecular complexity index is 767. The van der Waals surface area contributed by atoms with E-state index in [1.54, 1.807) is 12.1 Å². The quantitative estimate of drug-likeness (QED) is 0.571. The van der Waals surface area contributed by atoms with Crippen LogP contribution in [0, 0.1) is 10.1 Å². The summed E-state index contributed by atoms with van der Waals surface area (Å²) in [5, 5.41) is 17.8. The molecule has 0 bridgehead atoms. The number of benzene rings is 2. The highest BCUT2D eigenvalue weighted by molar-refractivity contribution is 5.58. The molecule has 0 aliphatic heterocycles. The molecule has 3 aromatic rings. The predicted molar refractivity (Wildman–Crippen MR) is 82.4 cm³/mol. The van der Waals surface area contributed by atoms with Crippen molar-refractivity contribution in [2.45, 2.75) is 6.54 Å². The lowest BCUT2D eigenvalue weighted by Crippen LogP contribution is -1.98. The first-order valence-corrected chi connectivity index (χ1v) is 6.72. The molecular formula is C16H13N3O3. The maximum atomic E-state index is 10.6. The minimum Gasteiger partial charge on any atom is -0.378 e. The van der Waals surface area contributed by atoms with Gasteiger partial charge in [0.2, 0.25) is 0 Å². The molecule has 0 spiro atoms. The average Bonchev–Trinajstić information content (AvgIpc) is 3.03. The van der Waals surface area contributed by atoms with Gasteiger partial charge in [0.1, 0.15) is 5.69 Å². The summed E-state index contributed by atoms with van der Waals surface area (Å²) < 4.78 is 5.28. The van der Waals surface area contributed by atoms with E-state index in [0.717, 1.165) is 16.9 Å². The van der Waals surface area contributed by atoms with Crippen LogP contribution >= 0.6 is 0 Å². The lowest BCUT2D eigenvalue weighted by molar-refractivity contribution is -0.384. The molecule has 0 unspecified atom stereocenters. The fraction of sp³-hybridized carbons (Fsp3) is 0.0625. The molecule has 3 rings (SSSR count). The molecule has 22 heavy (non-hydrogen) atoms. The summed E-state index contributed by atoms with van der Waals surface area (Å²) in [5.74, 6) is 0.692. The van der Waals surface area contributed by atoms with E-state index < -0.39 is 4.92 Å².